The lowest BCUT2D eigenvalue weighted by atomic mass is 10.1. The van der Waals surface area contributed by atoms with E-state index in [9.17, 15) is 9.59 Å². The lowest BCUT2D eigenvalue weighted by Gasteiger charge is -2.33. The summed E-state index contributed by atoms with van der Waals surface area (Å²) < 4.78 is 5.19. The van der Waals surface area contributed by atoms with Crippen molar-refractivity contribution in [3.8, 4) is 0 Å². The quantitative estimate of drug-likeness (QED) is 0.728. The van der Waals surface area contributed by atoms with Gasteiger partial charge < -0.3 is 21.1 Å². The van der Waals surface area contributed by atoms with E-state index in [0.29, 0.717) is 24.4 Å². The molecule has 1 heterocycles. The maximum absolute atomic E-state index is 12.4. The number of nitrogens with zero attached hydrogens (tertiary/aromatic N) is 1. The van der Waals surface area contributed by atoms with Crippen LogP contribution >= 0.6 is 0 Å². The Labute approximate surface area is 111 Å². The molecule has 2 rings (SSSR count). The van der Waals surface area contributed by atoms with Crippen LogP contribution in [0.25, 0.3) is 0 Å². The number of anilines is 1. The van der Waals surface area contributed by atoms with Gasteiger partial charge in [0, 0.05) is 17.8 Å². The van der Waals surface area contributed by atoms with E-state index in [1.54, 1.807) is 18.2 Å². The van der Waals surface area contributed by atoms with Gasteiger partial charge in [0.05, 0.1) is 13.2 Å². The first-order valence-corrected chi connectivity index (χ1v) is 6.05. The highest BCUT2D eigenvalue weighted by Crippen LogP contribution is 2.17. The highest BCUT2D eigenvalue weighted by Gasteiger charge is 2.31. The van der Waals surface area contributed by atoms with Crippen LogP contribution in [0.2, 0.25) is 0 Å². The topological polar surface area (TPSA) is 98.6 Å². The lowest BCUT2D eigenvalue weighted by molar-refractivity contribution is -0.127. The molecule has 6 nitrogen and oxygen atoms in total. The average Bonchev–Trinajstić information content (AvgIpc) is 2.41. The van der Waals surface area contributed by atoms with Crippen LogP contribution in [-0.2, 0) is 9.53 Å². The molecule has 0 aliphatic carbocycles. The summed E-state index contributed by atoms with van der Waals surface area (Å²) in [5.41, 5.74) is 13.0. The van der Waals surface area contributed by atoms with Crippen molar-refractivity contribution < 1.29 is 14.3 Å². The number of hydrogen-bond donors (Lipinski definition) is 2. The Bertz CT molecular complexity index is 516. The number of aryl methyl sites for hydroxylation is 1. The van der Waals surface area contributed by atoms with Crippen molar-refractivity contribution in [3.05, 3.63) is 29.3 Å². The fourth-order valence-electron chi connectivity index (χ4n) is 2.06. The number of amides is 2. The van der Waals surface area contributed by atoms with Gasteiger partial charge in [-0.25, -0.2) is 0 Å². The van der Waals surface area contributed by atoms with E-state index >= 15 is 0 Å². The predicted octanol–water partition coefficient (Wildman–Crippen LogP) is -0.0965. The van der Waals surface area contributed by atoms with Gasteiger partial charge in [-0.1, -0.05) is 0 Å². The van der Waals surface area contributed by atoms with Crippen molar-refractivity contribution in [3.63, 3.8) is 0 Å². The smallest absolute Gasteiger partial charge is 0.254 e. The Morgan fingerprint density at radius 1 is 1.42 bits per heavy atom. The first-order chi connectivity index (χ1) is 9.00. The zero-order chi connectivity index (χ0) is 14.0. The summed E-state index contributed by atoms with van der Waals surface area (Å²) in [6.45, 7) is 2.74. The second-order valence-electron chi connectivity index (χ2n) is 4.56. The number of nitrogen functional groups attached to an aromatic ring is 1. The van der Waals surface area contributed by atoms with Crippen molar-refractivity contribution in [1.82, 2.24) is 4.90 Å². The molecule has 1 aliphatic rings. The number of carbonyl (C=O) groups is 2. The molecule has 102 valence electrons. The van der Waals surface area contributed by atoms with Gasteiger partial charge in [0.1, 0.15) is 6.04 Å². The third kappa shape index (κ3) is 2.68. The second-order valence-corrected chi connectivity index (χ2v) is 4.56. The third-order valence-electron chi connectivity index (χ3n) is 3.23. The van der Waals surface area contributed by atoms with Crippen molar-refractivity contribution in [1.29, 1.82) is 0 Å². The molecule has 0 radical (unpaired) electrons. The summed E-state index contributed by atoms with van der Waals surface area (Å²) in [4.78, 5) is 25.2. The highest BCUT2D eigenvalue weighted by atomic mass is 16.5. The average molecular weight is 263 g/mol. The number of hydrogen-bond acceptors (Lipinski definition) is 4. The molecule has 1 atom stereocenters. The summed E-state index contributed by atoms with van der Waals surface area (Å²) in [7, 11) is 0. The van der Waals surface area contributed by atoms with E-state index < -0.39 is 11.9 Å². The van der Waals surface area contributed by atoms with Gasteiger partial charge in [0.25, 0.3) is 5.91 Å². The van der Waals surface area contributed by atoms with Crippen LogP contribution in [0.15, 0.2) is 18.2 Å². The van der Waals surface area contributed by atoms with E-state index in [4.69, 9.17) is 16.2 Å². The Hall–Kier alpha value is -2.08. The first kappa shape index (κ1) is 13.4. The molecule has 1 aliphatic heterocycles. The van der Waals surface area contributed by atoms with Gasteiger partial charge in [-0.2, -0.15) is 0 Å². The maximum atomic E-state index is 12.4. The summed E-state index contributed by atoms with van der Waals surface area (Å²) in [6.07, 6.45) is 0. The van der Waals surface area contributed by atoms with Gasteiger partial charge in [0.2, 0.25) is 5.91 Å². The molecule has 1 fully saturated rings. The van der Waals surface area contributed by atoms with Gasteiger partial charge in [-0.3, -0.25) is 9.59 Å². The molecular formula is C13H17N3O3. The maximum Gasteiger partial charge on any atom is 0.254 e. The Morgan fingerprint density at radius 3 is 2.79 bits per heavy atom. The molecule has 19 heavy (non-hydrogen) atoms. The molecule has 4 N–H and O–H groups in total. The SMILES string of the molecule is Cc1cc(C(=O)N2CCOCC2C(N)=O)ccc1N. The van der Waals surface area contributed by atoms with Crippen molar-refractivity contribution >= 4 is 17.5 Å². The summed E-state index contributed by atoms with van der Waals surface area (Å²) in [5.74, 6) is -0.782. The molecule has 0 spiro atoms. The summed E-state index contributed by atoms with van der Waals surface area (Å²) in [5, 5.41) is 0. The largest absolute Gasteiger partial charge is 0.399 e. The Morgan fingerprint density at radius 2 is 2.16 bits per heavy atom. The molecule has 0 saturated carbocycles. The molecule has 1 unspecified atom stereocenters. The zero-order valence-electron chi connectivity index (χ0n) is 10.8. The van der Waals surface area contributed by atoms with Gasteiger partial charge in [-0.15, -0.1) is 0 Å². The monoisotopic (exact) mass is 263 g/mol. The highest BCUT2D eigenvalue weighted by molar-refractivity contribution is 5.98. The molecule has 0 aromatic heterocycles. The molecular weight excluding hydrogens is 246 g/mol. The molecule has 0 bridgehead atoms. The number of morpholine rings is 1. The minimum absolute atomic E-state index is 0.148. The van der Waals surface area contributed by atoms with Gasteiger partial charge >= 0.3 is 0 Å². The summed E-state index contributed by atoms with van der Waals surface area (Å²) in [6, 6.07) is 4.34. The van der Waals surface area contributed by atoms with Crippen LogP contribution in [0.4, 0.5) is 5.69 Å². The van der Waals surface area contributed by atoms with Crippen LogP contribution in [0.3, 0.4) is 0 Å². The fraction of sp³-hybridized carbons (Fsp3) is 0.385. The molecule has 1 aromatic rings. The number of nitrogens with two attached hydrogens (primary N) is 2. The van der Waals surface area contributed by atoms with Crippen LogP contribution < -0.4 is 11.5 Å². The van der Waals surface area contributed by atoms with E-state index in [-0.39, 0.29) is 12.5 Å². The molecule has 2 amide bonds. The zero-order valence-corrected chi connectivity index (χ0v) is 10.8. The van der Waals surface area contributed by atoms with Crippen molar-refractivity contribution in [2.75, 3.05) is 25.5 Å². The lowest BCUT2D eigenvalue weighted by Crippen LogP contribution is -2.54. The van der Waals surface area contributed by atoms with Crippen molar-refractivity contribution in [2.45, 2.75) is 13.0 Å². The second kappa shape index (κ2) is 5.27. The number of primary amides is 1. The Balaban J connectivity index is 2.26. The first-order valence-electron chi connectivity index (χ1n) is 6.05. The standard InChI is InChI=1S/C13H17N3O3/c1-8-6-9(2-3-10(8)14)13(18)16-4-5-19-7-11(16)12(15)17/h2-3,6,11H,4-5,7,14H2,1H3,(H2,15,17). The van der Waals surface area contributed by atoms with E-state index in [0.717, 1.165) is 5.56 Å². The third-order valence-corrected chi connectivity index (χ3v) is 3.23. The number of rotatable bonds is 2. The number of benzene rings is 1. The molecule has 1 saturated heterocycles. The molecule has 1 aromatic carbocycles. The van der Waals surface area contributed by atoms with Crippen LogP contribution in [0.1, 0.15) is 15.9 Å². The number of ether oxygens (including phenoxy) is 1. The molecule has 6 heteroatoms. The van der Waals surface area contributed by atoms with Gasteiger partial charge in [-0.05, 0) is 30.7 Å². The van der Waals surface area contributed by atoms with E-state index in [2.05, 4.69) is 0 Å². The summed E-state index contributed by atoms with van der Waals surface area (Å²) >= 11 is 0. The minimum atomic E-state index is -0.709. The minimum Gasteiger partial charge on any atom is -0.399 e. The van der Waals surface area contributed by atoms with Crippen LogP contribution in [-0.4, -0.2) is 42.5 Å². The predicted molar refractivity (Wildman–Crippen MR) is 70.4 cm³/mol. The van der Waals surface area contributed by atoms with Crippen LogP contribution in [0.5, 0.6) is 0 Å². The van der Waals surface area contributed by atoms with Crippen molar-refractivity contribution in [2.24, 2.45) is 5.73 Å². The number of carbonyl (C=O) groups excluding carboxylic acids is 2. The fourth-order valence-corrected chi connectivity index (χ4v) is 2.06. The normalized spacial score (nSPS) is 19.2. The van der Waals surface area contributed by atoms with E-state index in [1.165, 1.54) is 4.90 Å². The van der Waals surface area contributed by atoms with E-state index in [1.807, 2.05) is 6.92 Å². The van der Waals surface area contributed by atoms with Gasteiger partial charge in [0.15, 0.2) is 0 Å². The Kier molecular flexibility index (Phi) is 3.71. The van der Waals surface area contributed by atoms with Crippen LogP contribution in [0, 0.1) is 6.92 Å².